The fourth-order valence-electron chi connectivity index (χ4n) is 3.07. The van der Waals surface area contributed by atoms with Crippen LogP contribution in [0.25, 0.3) is 16.6 Å². The molecule has 0 unspecified atom stereocenters. The average Bonchev–Trinajstić information content (AvgIpc) is 3.07. The van der Waals surface area contributed by atoms with Crippen molar-refractivity contribution in [2.45, 2.75) is 39.0 Å². The highest BCUT2D eigenvalue weighted by Gasteiger charge is 2.18. The first-order valence-corrected chi connectivity index (χ1v) is 9.34. The number of rotatable bonds is 9. The third kappa shape index (κ3) is 4.51. The highest BCUT2D eigenvalue weighted by atomic mass is 16.4. The first-order valence-electron chi connectivity index (χ1n) is 9.34. The Hall–Kier alpha value is -3.29. The second kappa shape index (κ2) is 9.07. The Labute approximate surface area is 162 Å². The van der Waals surface area contributed by atoms with E-state index >= 15 is 0 Å². The number of pyridine rings is 1. The standard InChI is InChI=1S/C20H23N5O3/c1-14-18(20(28)22-12-5-3-2-4-11-17(26)27)23-24-25(14)16-10-6-8-15-9-7-13-21-19(15)16/h6-10,13H,2-5,11-12H2,1H3,(H,22,28)(H,26,27). The van der Waals surface area contributed by atoms with Gasteiger partial charge in [0, 0.05) is 24.5 Å². The summed E-state index contributed by atoms with van der Waals surface area (Å²) in [5.74, 6) is -1.03. The summed E-state index contributed by atoms with van der Waals surface area (Å²) >= 11 is 0. The number of para-hydroxylation sites is 1. The lowest BCUT2D eigenvalue weighted by molar-refractivity contribution is -0.137. The first-order chi connectivity index (χ1) is 13.6. The van der Waals surface area contributed by atoms with Crippen LogP contribution >= 0.6 is 0 Å². The monoisotopic (exact) mass is 381 g/mol. The molecule has 8 heteroatoms. The van der Waals surface area contributed by atoms with Crippen LogP contribution in [-0.4, -0.2) is 43.5 Å². The molecule has 2 heterocycles. The molecule has 0 aliphatic carbocycles. The molecule has 1 aromatic carbocycles. The highest BCUT2D eigenvalue weighted by molar-refractivity contribution is 5.93. The van der Waals surface area contributed by atoms with E-state index in [0.29, 0.717) is 24.4 Å². The molecule has 0 spiro atoms. The summed E-state index contributed by atoms with van der Waals surface area (Å²) in [6, 6.07) is 9.64. The number of fused-ring (bicyclic) bond motifs is 1. The van der Waals surface area contributed by atoms with Crippen LogP contribution in [0.2, 0.25) is 0 Å². The molecule has 3 rings (SSSR count). The van der Waals surface area contributed by atoms with Crippen LogP contribution in [0.3, 0.4) is 0 Å². The number of benzene rings is 1. The molecule has 1 amide bonds. The number of aliphatic carboxylic acids is 1. The molecule has 0 aliphatic heterocycles. The minimum absolute atomic E-state index is 0.192. The SMILES string of the molecule is Cc1c(C(=O)NCCCCCCC(=O)O)nnn1-c1cccc2cccnc12. The van der Waals surface area contributed by atoms with Crippen molar-refractivity contribution in [1.82, 2.24) is 25.3 Å². The van der Waals surface area contributed by atoms with E-state index < -0.39 is 5.97 Å². The lowest BCUT2D eigenvalue weighted by Gasteiger charge is -2.07. The molecule has 2 N–H and O–H groups in total. The van der Waals surface area contributed by atoms with Crippen molar-refractivity contribution in [2.75, 3.05) is 6.54 Å². The van der Waals surface area contributed by atoms with E-state index in [1.54, 1.807) is 10.9 Å². The summed E-state index contributed by atoms with van der Waals surface area (Å²) in [5, 5.41) is 20.7. The minimum atomic E-state index is -0.770. The van der Waals surface area contributed by atoms with Gasteiger partial charge in [-0.15, -0.1) is 5.10 Å². The van der Waals surface area contributed by atoms with Crippen LogP contribution in [0.4, 0.5) is 0 Å². The Morgan fingerprint density at radius 2 is 1.89 bits per heavy atom. The number of hydrogen-bond acceptors (Lipinski definition) is 5. The van der Waals surface area contributed by atoms with Gasteiger partial charge in [0.25, 0.3) is 5.91 Å². The highest BCUT2D eigenvalue weighted by Crippen LogP contribution is 2.21. The zero-order valence-electron chi connectivity index (χ0n) is 15.8. The van der Waals surface area contributed by atoms with Gasteiger partial charge in [0.05, 0.1) is 16.9 Å². The number of nitrogens with zero attached hydrogens (tertiary/aromatic N) is 4. The van der Waals surface area contributed by atoms with E-state index in [-0.39, 0.29) is 12.3 Å². The average molecular weight is 381 g/mol. The maximum atomic E-state index is 12.4. The van der Waals surface area contributed by atoms with Crippen LogP contribution in [0.5, 0.6) is 0 Å². The van der Waals surface area contributed by atoms with Crippen LogP contribution in [0.15, 0.2) is 36.5 Å². The van der Waals surface area contributed by atoms with Gasteiger partial charge in [-0.05, 0) is 31.9 Å². The summed E-state index contributed by atoms with van der Waals surface area (Å²) in [6.07, 6.45) is 5.09. The predicted molar refractivity (Wildman–Crippen MR) is 104 cm³/mol. The smallest absolute Gasteiger partial charge is 0.303 e. The van der Waals surface area contributed by atoms with Crippen molar-refractivity contribution in [1.29, 1.82) is 0 Å². The van der Waals surface area contributed by atoms with Crippen LogP contribution in [0, 0.1) is 6.92 Å². The zero-order valence-corrected chi connectivity index (χ0v) is 15.8. The van der Waals surface area contributed by atoms with E-state index in [1.165, 1.54) is 0 Å². The molecule has 2 aromatic heterocycles. The Balaban J connectivity index is 1.61. The van der Waals surface area contributed by atoms with Crippen molar-refractivity contribution in [2.24, 2.45) is 0 Å². The quantitative estimate of drug-likeness (QED) is 0.552. The van der Waals surface area contributed by atoms with Gasteiger partial charge in [0.2, 0.25) is 0 Å². The maximum absolute atomic E-state index is 12.4. The normalized spacial score (nSPS) is 10.9. The molecule has 0 fully saturated rings. The Bertz CT molecular complexity index is 978. The first kappa shape index (κ1) is 19.5. The third-order valence-electron chi connectivity index (χ3n) is 4.55. The van der Waals surface area contributed by atoms with E-state index in [2.05, 4.69) is 20.6 Å². The molecule has 0 saturated carbocycles. The van der Waals surface area contributed by atoms with Gasteiger partial charge in [-0.1, -0.05) is 36.3 Å². The van der Waals surface area contributed by atoms with E-state index in [1.807, 2.05) is 37.3 Å². The van der Waals surface area contributed by atoms with Crippen molar-refractivity contribution in [3.8, 4) is 5.69 Å². The van der Waals surface area contributed by atoms with Crippen LogP contribution in [0.1, 0.15) is 48.3 Å². The number of nitrogens with one attached hydrogen (secondary N) is 1. The summed E-state index contributed by atoms with van der Waals surface area (Å²) in [4.78, 5) is 27.3. The molecule has 28 heavy (non-hydrogen) atoms. The second-order valence-electron chi connectivity index (χ2n) is 6.60. The van der Waals surface area contributed by atoms with Crippen molar-refractivity contribution >= 4 is 22.8 Å². The van der Waals surface area contributed by atoms with Crippen LogP contribution in [-0.2, 0) is 4.79 Å². The fourth-order valence-corrected chi connectivity index (χ4v) is 3.07. The predicted octanol–water partition coefficient (Wildman–Crippen LogP) is 2.89. The molecule has 0 saturated heterocycles. The molecule has 0 aliphatic rings. The van der Waals surface area contributed by atoms with E-state index in [4.69, 9.17) is 5.11 Å². The summed E-state index contributed by atoms with van der Waals surface area (Å²) < 4.78 is 1.64. The van der Waals surface area contributed by atoms with Gasteiger partial charge in [-0.25, -0.2) is 4.68 Å². The van der Waals surface area contributed by atoms with Crippen molar-refractivity contribution in [3.63, 3.8) is 0 Å². The second-order valence-corrected chi connectivity index (χ2v) is 6.60. The van der Waals surface area contributed by atoms with Gasteiger partial charge in [-0.3, -0.25) is 14.6 Å². The Kier molecular flexibility index (Phi) is 6.31. The number of aromatic nitrogens is 4. The number of carbonyl (C=O) groups is 2. The Morgan fingerprint density at radius 1 is 1.11 bits per heavy atom. The topological polar surface area (TPSA) is 110 Å². The van der Waals surface area contributed by atoms with Gasteiger partial charge in [0.1, 0.15) is 0 Å². The van der Waals surface area contributed by atoms with Gasteiger partial charge in [0.15, 0.2) is 5.69 Å². The molecule has 146 valence electrons. The molecule has 0 bridgehead atoms. The maximum Gasteiger partial charge on any atom is 0.303 e. The number of carboxylic acids is 1. The molecular formula is C20H23N5O3. The lowest BCUT2D eigenvalue weighted by atomic mass is 10.1. The number of unbranched alkanes of at least 4 members (excludes halogenated alkanes) is 3. The number of carboxylic acid groups (broad SMARTS) is 1. The van der Waals surface area contributed by atoms with Crippen molar-refractivity contribution < 1.29 is 14.7 Å². The van der Waals surface area contributed by atoms with Gasteiger partial charge in [-0.2, -0.15) is 0 Å². The number of hydrogen-bond donors (Lipinski definition) is 2. The number of carbonyl (C=O) groups excluding carboxylic acids is 1. The number of amides is 1. The zero-order chi connectivity index (χ0) is 19.9. The minimum Gasteiger partial charge on any atom is -0.481 e. The van der Waals surface area contributed by atoms with Crippen LogP contribution < -0.4 is 5.32 Å². The third-order valence-corrected chi connectivity index (χ3v) is 4.55. The van der Waals surface area contributed by atoms with Gasteiger partial charge >= 0.3 is 5.97 Å². The lowest BCUT2D eigenvalue weighted by Crippen LogP contribution is -2.25. The van der Waals surface area contributed by atoms with E-state index in [9.17, 15) is 9.59 Å². The molecule has 8 nitrogen and oxygen atoms in total. The molecular weight excluding hydrogens is 358 g/mol. The summed E-state index contributed by atoms with van der Waals surface area (Å²) in [5.41, 5.74) is 2.52. The molecule has 0 atom stereocenters. The summed E-state index contributed by atoms with van der Waals surface area (Å²) in [6.45, 7) is 2.33. The molecule has 0 radical (unpaired) electrons. The van der Waals surface area contributed by atoms with E-state index in [0.717, 1.165) is 35.9 Å². The fraction of sp³-hybridized carbons (Fsp3) is 0.350. The molecule has 3 aromatic rings. The Morgan fingerprint density at radius 3 is 2.71 bits per heavy atom. The largest absolute Gasteiger partial charge is 0.481 e. The summed E-state index contributed by atoms with van der Waals surface area (Å²) in [7, 11) is 0. The van der Waals surface area contributed by atoms with Crippen molar-refractivity contribution in [3.05, 3.63) is 47.9 Å². The van der Waals surface area contributed by atoms with Gasteiger partial charge < -0.3 is 10.4 Å².